The largest absolute Gasteiger partial charge is 0.382 e. The van der Waals surface area contributed by atoms with Gasteiger partial charge in [0, 0.05) is 51.1 Å². The topological polar surface area (TPSA) is 102 Å². The van der Waals surface area contributed by atoms with Crippen molar-refractivity contribution < 1.29 is 37.5 Å². The average Bonchev–Trinajstić information content (AvgIpc) is 3.43. The molecule has 0 spiro atoms. The fourth-order valence-corrected chi connectivity index (χ4v) is 7.19. The average molecular weight is 678 g/mol. The Balaban J connectivity index is 0.00000200. The summed E-state index contributed by atoms with van der Waals surface area (Å²) < 4.78 is 1.93. The van der Waals surface area contributed by atoms with E-state index >= 15 is 0 Å². The summed E-state index contributed by atoms with van der Waals surface area (Å²) in [6, 6.07) is 19.7. The van der Waals surface area contributed by atoms with E-state index in [0.29, 0.717) is 23.4 Å². The third kappa shape index (κ3) is 6.60. The summed E-state index contributed by atoms with van der Waals surface area (Å²) >= 11 is 0. The Morgan fingerprint density at radius 1 is 1.00 bits per heavy atom. The van der Waals surface area contributed by atoms with Crippen molar-refractivity contribution >= 4 is 28.0 Å². The number of carbonyl (C=O) groups is 1. The van der Waals surface area contributed by atoms with E-state index in [4.69, 9.17) is 15.7 Å². The first kappa shape index (κ1) is 33.3. The van der Waals surface area contributed by atoms with Crippen molar-refractivity contribution in [2.45, 2.75) is 65.7 Å². The first-order valence-electron chi connectivity index (χ1n) is 15.6. The van der Waals surface area contributed by atoms with Gasteiger partial charge in [0.25, 0.3) is 0 Å². The minimum atomic E-state index is 0. The maximum absolute atomic E-state index is 11.8. The molecule has 0 bridgehead atoms. The van der Waals surface area contributed by atoms with E-state index < -0.39 is 0 Å². The second kappa shape index (κ2) is 14.1. The van der Waals surface area contributed by atoms with Crippen LogP contribution < -0.4 is 5.73 Å². The van der Waals surface area contributed by atoms with Gasteiger partial charge in [-0.3, -0.25) is 4.79 Å². The number of aryl methyl sites for hydroxylation is 1. The summed E-state index contributed by atoms with van der Waals surface area (Å²) in [6.45, 7) is 7.05. The molecule has 1 saturated carbocycles. The quantitative estimate of drug-likeness (QED) is 0.195. The molecular formula is C36H42N7OY-. The Hall–Kier alpha value is -3.07. The molecule has 8 nitrogen and oxygen atoms in total. The van der Waals surface area contributed by atoms with Crippen LogP contribution in [0.4, 0.5) is 5.82 Å². The first-order chi connectivity index (χ1) is 21.0. The molecule has 2 aliphatic rings. The number of Topliss-reactive ketones (excluding diaryl/α,β-unsaturated/α-hetero) is 1. The number of carbonyl (C=O) groups excluding carboxylic acids is 1. The second-order valence-electron chi connectivity index (χ2n) is 12.4. The predicted octanol–water partition coefficient (Wildman–Crippen LogP) is 6.91. The molecule has 0 atom stereocenters. The molecule has 1 saturated heterocycles. The number of benzene rings is 2. The van der Waals surface area contributed by atoms with Crippen LogP contribution in [0.2, 0.25) is 0 Å². The number of rotatable bonds is 6. The molecule has 3 aromatic heterocycles. The van der Waals surface area contributed by atoms with Crippen LogP contribution in [0.3, 0.4) is 0 Å². The normalized spacial score (nSPS) is 19.2. The van der Waals surface area contributed by atoms with Crippen LogP contribution in [-0.4, -0.2) is 54.9 Å². The van der Waals surface area contributed by atoms with E-state index in [2.05, 4.69) is 52.2 Å². The number of piperidine rings is 1. The molecule has 1 radical (unpaired) electrons. The molecule has 2 N–H and O–H groups in total. The molecule has 0 amide bonds. The van der Waals surface area contributed by atoms with Gasteiger partial charge < -0.3 is 15.6 Å². The fourth-order valence-electron chi connectivity index (χ4n) is 7.19. The number of hydrogen-bond acceptors (Lipinski definition) is 7. The summed E-state index contributed by atoms with van der Waals surface area (Å²) in [5.41, 5.74) is 13.0. The Labute approximate surface area is 291 Å². The van der Waals surface area contributed by atoms with Gasteiger partial charge in [0.2, 0.25) is 0 Å². The van der Waals surface area contributed by atoms with Crippen molar-refractivity contribution in [2.24, 2.45) is 11.8 Å². The van der Waals surface area contributed by atoms with E-state index in [1.54, 1.807) is 6.92 Å². The van der Waals surface area contributed by atoms with Crippen molar-refractivity contribution in [3.63, 3.8) is 0 Å². The van der Waals surface area contributed by atoms with Crippen LogP contribution in [0.5, 0.6) is 0 Å². The molecule has 45 heavy (non-hydrogen) atoms. The third-order valence-corrected chi connectivity index (χ3v) is 9.73. The Bertz CT molecular complexity index is 1790. The molecule has 2 aromatic carbocycles. The Kier molecular flexibility index (Phi) is 10.5. The summed E-state index contributed by atoms with van der Waals surface area (Å²) in [6.07, 6.45) is 8.02. The molecule has 5 aromatic rings. The number of nitrogen functional groups attached to an aromatic ring is 1. The van der Waals surface area contributed by atoms with Gasteiger partial charge >= 0.3 is 0 Å². The number of fused-ring (bicyclic) bond motifs is 2. The fraction of sp³-hybridized carbons (Fsp3) is 0.417. The number of ketones is 1. The molecule has 4 heterocycles. The maximum atomic E-state index is 11.8. The molecule has 2 fully saturated rings. The molecule has 0 unspecified atom stereocenters. The summed E-state index contributed by atoms with van der Waals surface area (Å²) in [4.78, 5) is 29.0. The van der Waals surface area contributed by atoms with Crippen molar-refractivity contribution in [3.05, 3.63) is 72.3 Å². The smallest absolute Gasteiger partial charge is 0.153 e. The molecule has 7 rings (SSSR count). The summed E-state index contributed by atoms with van der Waals surface area (Å²) in [5.74, 6) is 3.00. The Morgan fingerprint density at radius 2 is 1.73 bits per heavy atom. The van der Waals surface area contributed by atoms with Gasteiger partial charge in [-0.2, -0.15) is 5.10 Å². The number of nitrogens with zero attached hydrogens (tertiary/aromatic N) is 6. The van der Waals surface area contributed by atoms with E-state index in [1.807, 2.05) is 28.8 Å². The van der Waals surface area contributed by atoms with E-state index in [9.17, 15) is 4.79 Å². The number of likely N-dealkylation sites (tertiary alicyclic amines) is 1. The van der Waals surface area contributed by atoms with Crippen LogP contribution >= 0.6 is 0 Å². The van der Waals surface area contributed by atoms with Crippen LogP contribution in [0.15, 0.2) is 54.9 Å². The van der Waals surface area contributed by atoms with Crippen LogP contribution in [-0.2, 0) is 37.5 Å². The number of hydrogen-bond donors (Lipinski definition) is 1. The predicted molar refractivity (Wildman–Crippen MR) is 176 cm³/mol. The zero-order valence-electron chi connectivity index (χ0n) is 25.5. The third-order valence-electron chi connectivity index (χ3n) is 9.73. The van der Waals surface area contributed by atoms with Crippen molar-refractivity contribution in [1.29, 1.82) is 0 Å². The van der Waals surface area contributed by atoms with E-state index in [0.717, 1.165) is 95.6 Å². The van der Waals surface area contributed by atoms with Gasteiger partial charge in [-0.1, -0.05) is 49.4 Å². The van der Waals surface area contributed by atoms with Crippen molar-refractivity contribution in [3.8, 4) is 22.5 Å². The van der Waals surface area contributed by atoms with Gasteiger partial charge in [-0.25, -0.2) is 14.5 Å². The molecule has 1 aliphatic carbocycles. The number of anilines is 1. The van der Waals surface area contributed by atoms with Crippen LogP contribution in [0, 0.1) is 24.8 Å². The molecular weight excluding hydrogens is 635 g/mol. The van der Waals surface area contributed by atoms with Gasteiger partial charge in [0.1, 0.15) is 29.1 Å². The number of aromatic nitrogens is 5. The number of pyridine rings is 1. The van der Waals surface area contributed by atoms with Crippen molar-refractivity contribution in [1.82, 2.24) is 29.5 Å². The van der Waals surface area contributed by atoms with Crippen LogP contribution in [0.1, 0.15) is 70.2 Å². The van der Waals surface area contributed by atoms with E-state index in [-0.39, 0.29) is 46.1 Å². The molecule has 9 heteroatoms. The number of nitrogens with two attached hydrogens (primary N) is 1. The maximum Gasteiger partial charge on any atom is 0.153 e. The van der Waals surface area contributed by atoms with Gasteiger partial charge in [0.15, 0.2) is 5.82 Å². The van der Waals surface area contributed by atoms with Gasteiger partial charge in [0.05, 0.1) is 0 Å². The monoisotopic (exact) mass is 677 g/mol. The SMILES string of the molecule is C.CC(=O)C1CCN(CC2CCC(c3nc(-c4ccc5[c-]cc(-c6ccccc6)nc5c4C)c4c(N)ncnn34)CC2)CC1.[Y]. The number of imidazole rings is 1. The van der Waals surface area contributed by atoms with Gasteiger partial charge in [-0.05, 0) is 93.7 Å². The van der Waals surface area contributed by atoms with Crippen molar-refractivity contribution in [2.75, 3.05) is 25.4 Å². The second-order valence-corrected chi connectivity index (χ2v) is 12.4. The Morgan fingerprint density at radius 3 is 2.44 bits per heavy atom. The van der Waals surface area contributed by atoms with Gasteiger partial charge in [-0.15, -0.1) is 23.6 Å². The first-order valence-corrected chi connectivity index (χ1v) is 15.6. The zero-order valence-corrected chi connectivity index (χ0v) is 28.4. The molecule has 1 aliphatic heterocycles. The molecule has 231 valence electrons. The van der Waals surface area contributed by atoms with Crippen LogP contribution in [0.25, 0.3) is 38.9 Å². The summed E-state index contributed by atoms with van der Waals surface area (Å²) in [7, 11) is 0. The minimum Gasteiger partial charge on any atom is -0.382 e. The van der Waals surface area contributed by atoms with E-state index in [1.165, 1.54) is 19.2 Å². The summed E-state index contributed by atoms with van der Waals surface area (Å²) in [5, 5.41) is 5.62. The minimum absolute atomic E-state index is 0. The zero-order chi connectivity index (χ0) is 29.5. The standard InChI is InChI=1S/C35H38N7O.CH4.Y/c1-22-29(14-12-27-13-15-30(39-31(22)27)26-6-4-3-5-7-26)32-33-34(36)37-21-38-42(33)35(40-32)28-10-8-24(9-11-28)20-41-18-16-25(17-19-41)23(2)43;;/h3-7,12,14-15,21,24-25,28H,8-11,16-20H2,1-2H3,(H2,36,37,38);1H4;/q-1;;.